The van der Waals surface area contributed by atoms with Gasteiger partial charge in [-0.15, -0.1) is 0 Å². The third-order valence-electron chi connectivity index (χ3n) is 3.87. The molecule has 0 saturated heterocycles. The smallest absolute Gasteiger partial charge is 0.138 e. The Bertz CT molecular complexity index is 1010. The van der Waals surface area contributed by atoms with Gasteiger partial charge in [0.25, 0.3) is 0 Å². The Hall–Kier alpha value is -3.37. The molecule has 3 rings (SSSR count). The third kappa shape index (κ3) is 3.76. The summed E-state index contributed by atoms with van der Waals surface area (Å²) in [6, 6.07) is 12.2. The topological polar surface area (TPSA) is 54.5 Å². The maximum Gasteiger partial charge on any atom is 0.138 e. The minimum Gasteiger partial charge on any atom is -0.303 e. The van der Waals surface area contributed by atoms with Gasteiger partial charge in [0.2, 0.25) is 0 Å². The van der Waals surface area contributed by atoms with E-state index in [1.54, 1.807) is 12.4 Å². The lowest BCUT2D eigenvalue weighted by Crippen LogP contribution is -2.03. The summed E-state index contributed by atoms with van der Waals surface area (Å²) in [4.78, 5) is 8.82. The number of nitriles is 1. The van der Waals surface area contributed by atoms with Crippen molar-refractivity contribution in [3.05, 3.63) is 76.5 Å². The second kappa shape index (κ2) is 7.03. The first-order valence-electron chi connectivity index (χ1n) is 8.04. The number of aromatic nitrogens is 3. The maximum atomic E-state index is 8.79. The molecule has 0 unspecified atom stereocenters. The lowest BCUT2D eigenvalue weighted by molar-refractivity contribution is 0.916. The zero-order valence-electron chi connectivity index (χ0n) is 14.5. The van der Waals surface area contributed by atoms with Crippen molar-refractivity contribution in [2.24, 2.45) is 0 Å². The van der Waals surface area contributed by atoms with Crippen LogP contribution in [0.4, 0.5) is 0 Å². The van der Waals surface area contributed by atoms with Crippen molar-refractivity contribution in [1.29, 1.82) is 5.26 Å². The summed E-state index contributed by atoms with van der Waals surface area (Å²) >= 11 is 0. The second-order valence-corrected chi connectivity index (χ2v) is 6.01. The summed E-state index contributed by atoms with van der Waals surface area (Å²) in [5.41, 5.74) is 5.76. The van der Waals surface area contributed by atoms with Crippen molar-refractivity contribution in [1.82, 2.24) is 14.5 Å². The van der Waals surface area contributed by atoms with E-state index < -0.39 is 0 Å². The van der Waals surface area contributed by atoms with E-state index in [9.17, 15) is 0 Å². The van der Waals surface area contributed by atoms with Gasteiger partial charge < -0.3 is 4.57 Å². The van der Waals surface area contributed by atoms with Crippen LogP contribution in [0.15, 0.2) is 42.7 Å². The van der Waals surface area contributed by atoms with E-state index >= 15 is 0 Å². The average Bonchev–Trinajstić information content (AvgIpc) is 2.92. The van der Waals surface area contributed by atoms with E-state index in [4.69, 9.17) is 5.26 Å². The molecule has 0 radical (unpaired) electrons. The molecule has 0 amide bonds. The van der Waals surface area contributed by atoms with Gasteiger partial charge in [0, 0.05) is 29.3 Å². The fraction of sp³-hybridized carbons (Fsp3) is 0.190. The molecule has 0 bridgehead atoms. The molecule has 3 aromatic rings. The van der Waals surface area contributed by atoms with Crippen molar-refractivity contribution in [3.63, 3.8) is 0 Å². The molecule has 0 N–H and O–H groups in total. The van der Waals surface area contributed by atoms with Gasteiger partial charge in [0.1, 0.15) is 11.5 Å². The summed E-state index contributed by atoms with van der Waals surface area (Å²) in [7, 11) is 0. The molecule has 3 aromatic heterocycles. The van der Waals surface area contributed by atoms with Crippen LogP contribution in [-0.4, -0.2) is 14.5 Å². The lowest BCUT2D eigenvalue weighted by Gasteiger charge is -2.09. The summed E-state index contributed by atoms with van der Waals surface area (Å²) in [6.07, 6.45) is 3.72. The van der Waals surface area contributed by atoms with E-state index in [-0.39, 0.29) is 0 Å². The van der Waals surface area contributed by atoms with Crippen LogP contribution in [0, 0.1) is 43.9 Å². The molecule has 0 aliphatic rings. The fourth-order valence-electron chi connectivity index (χ4n) is 2.74. The highest BCUT2D eigenvalue weighted by Gasteiger charge is 2.06. The molecular weight excluding hydrogens is 308 g/mol. The molecule has 0 atom stereocenters. The summed E-state index contributed by atoms with van der Waals surface area (Å²) in [6.45, 7) is 6.17. The van der Waals surface area contributed by atoms with Gasteiger partial charge in [-0.3, -0.25) is 4.98 Å². The normalized spacial score (nSPS) is 10.0. The number of rotatable bonds is 2. The zero-order valence-corrected chi connectivity index (χ0v) is 14.5. The highest BCUT2D eigenvalue weighted by Crippen LogP contribution is 2.16. The van der Waals surface area contributed by atoms with E-state index in [1.807, 2.05) is 19.1 Å². The van der Waals surface area contributed by atoms with Crippen molar-refractivity contribution in [2.75, 3.05) is 0 Å². The standard InChI is InChI=1S/C21H18N4/c1-15-10-20(7-6-18-12-19(8-9-22)14-23-13-18)24-21(11-15)25-16(2)4-5-17(25)3/h4-5,10-14H,8H2,1-3H3. The average molecular weight is 326 g/mol. The Morgan fingerprint density at radius 3 is 2.48 bits per heavy atom. The van der Waals surface area contributed by atoms with Gasteiger partial charge in [-0.25, -0.2) is 4.98 Å². The van der Waals surface area contributed by atoms with Crippen LogP contribution in [0.1, 0.15) is 33.8 Å². The first-order chi connectivity index (χ1) is 12.1. The molecule has 0 aliphatic carbocycles. The number of nitrogens with zero attached hydrogens (tertiary/aromatic N) is 4. The second-order valence-electron chi connectivity index (χ2n) is 6.01. The quantitative estimate of drug-likeness (QED) is 0.675. The minimum absolute atomic E-state index is 0.335. The van der Waals surface area contributed by atoms with Crippen LogP contribution in [0.25, 0.3) is 5.82 Å². The molecule has 4 nitrogen and oxygen atoms in total. The number of pyridine rings is 2. The molecule has 0 saturated carbocycles. The lowest BCUT2D eigenvalue weighted by atomic mass is 10.1. The first kappa shape index (κ1) is 16.5. The number of aryl methyl sites for hydroxylation is 3. The SMILES string of the molecule is Cc1cc(C#Cc2cncc(CC#N)c2)nc(-n2c(C)ccc2C)c1. The van der Waals surface area contributed by atoms with Crippen molar-refractivity contribution in [2.45, 2.75) is 27.2 Å². The van der Waals surface area contributed by atoms with Crippen LogP contribution in [-0.2, 0) is 6.42 Å². The van der Waals surface area contributed by atoms with Crippen LogP contribution in [0.5, 0.6) is 0 Å². The highest BCUT2D eigenvalue weighted by atomic mass is 15.1. The Labute approximate surface area is 147 Å². The Morgan fingerprint density at radius 2 is 1.76 bits per heavy atom. The molecule has 0 aromatic carbocycles. The Kier molecular flexibility index (Phi) is 4.64. The van der Waals surface area contributed by atoms with Gasteiger partial charge in [0.05, 0.1) is 12.5 Å². The minimum atomic E-state index is 0.335. The molecule has 25 heavy (non-hydrogen) atoms. The third-order valence-corrected chi connectivity index (χ3v) is 3.87. The van der Waals surface area contributed by atoms with Gasteiger partial charge >= 0.3 is 0 Å². The van der Waals surface area contributed by atoms with E-state index in [1.165, 1.54) is 0 Å². The maximum absolute atomic E-state index is 8.79. The Balaban J connectivity index is 1.98. The molecule has 0 fully saturated rings. The van der Waals surface area contributed by atoms with E-state index in [0.717, 1.165) is 33.9 Å². The van der Waals surface area contributed by atoms with Gasteiger partial charge in [-0.05, 0) is 68.2 Å². The molecule has 0 aliphatic heterocycles. The molecule has 0 spiro atoms. The zero-order chi connectivity index (χ0) is 17.8. The van der Waals surface area contributed by atoms with Crippen LogP contribution in [0.2, 0.25) is 0 Å². The van der Waals surface area contributed by atoms with E-state index in [2.05, 4.69) is 64.5 Å². The van der Waals surface area contributed by atoms with Gasteiger partial charge in [-0.2, -0.15) is 5.26 Å². The molecular formula is C21H18N4. The molecule has 3 heterocycles. The van der Waals surface area contributed by atoms with Gasteiger partial charge in [0.15, 0.2) is 0 Å². The Morgan fingerprint density at radius 1 is 1.00 bits per heavy atom. The number of hydrogen-bond donors (Lipinski definition) is 0. The monoisotopic (exact) mass is 326 g/mol. The number of hydrogen-bond acceptors (Lipinski definition) is 3. The fourth-order valence-corrected chi connectivity index (χ4v) is 2.74. The van der Waals surface area contributed by atoms with Crippen molar-refractivity contribution >= 4 is 0 Å². The predicted molar refractivity (Wildman–Crippen MR) is 97.3 cm³/mol. The summed E-state index contributed by atoms with van der Waals surface area (Å²) in [5.74, 6) is 7.09. The van der Waals surface area contributed by atoms with Crippen molar-refractivity contribution in [3.8, 4) is 23.7 Å². The van der Waals surface area contributed by atoms with Crippen LogP contribution in [0.3, 0.4) is 0 Å². The molecule has 122 valence electrons. The van der Waals surface area contributed by atoms with Crippen LogP contribution < -0.4 is 0 Å². The largest absolute Gasteiger partial charge is 0.303 e. The predicted octanol–water partition coefficient (Wildman–Crippen LogP) is 3.66. The first-order valence-corrected chi connectivity index (χ1v) is 8.04. The highest BCUT2D eigenvalue weighted by molar-refractivity contribution is 5.44. The summed E-state index contributed by atoms with van der Waals surface area (Å²) in [5, 5.41) is 8.79. The summed E-state index contributed by atoms with van der Waals surface area (Å²) < 4.78 is 2.12. The van der Waals surface area contributed by atoms with Gasteiger partial charge in [-0.1, -0.05) is 5.92 Å². The molecule has 4 heteroatoms. The van der Waals surface area contributed by atoms with E-state index in [0.29, 0.717) is 12.1 Å². The van der Waals surface area contributed by atoms with Crippen molar-refractivity contribution < 1.29 is 0 Å². The van der Waals surface area contributed by atoms with Crippen LogP contribution >= 0.6 is 0 Å².